The summed E-state index contributed by atoms with van der Waals surface area (Å²) in [5.74, 6) is 1.20. The number of benzene rings is 4. The highest BCUT2D eigenvalue weighted by atomic mass is 16.5. The predicted octanol–water partition coefficient (Wildman–Crippen LogP) is 6.33. The summed E-state index contributed by atoms with van der Waals surface area (Å²) in [4.78, 5) is 40.0. The first-order valence-corrected chi connectivity index (χ1v) is 15.2. The molecule has 1 aliphatic rings. The van der Waals surface area contributed by atoms with Crippen LogP contribution in [0.5, 0.6) is 34.5 Å². The number of nitrogens with one attached hydrogen (secondary N) is 1. The molecule has 0 saturated carbocycles. The van der Waals surface area contributed by atoms with Crippen molar-refractivity contribution in [3.05, 3.63) is 107 Å². The number of hydrogen-bond acceptors (Lipinski definition) is 9. The van der Waals surface area contributed by atoms with Gasteiger partial charge in [0, 0.05) is 6.07 Å². The van der Waals surface area contributed by atoms with Gasteiger partial charge >= 0.3 is 6.03 Å². The lowest BCUT2D eigenvalue weighted by atomic mass is 10.1. The van der Waals surface area contributed by atoms with Crippen LogP contribution in [0.4, 0.5) is 10.5 Å². The van der Waals surface area contributed by atoms with Crippen molar-refractivity contribution in [3.63, 3.8) is 0 Å². The molecule has 11 heteroatoms. The fourth-order valence-electron chi connectivity index (χ4n) is 4.90. The molecular formula is C37H36N2O9. The Morgan fingerprint density at radius 1 is 0.646 bits per heavy atom. The number of urea groups is 1. The van der Waals surface area contributed by atoms with Gasteiger partial charge in [0.2, 0.25) is 0 Å². The van der Waals surface area contributed by atoms with Crippen LogP contribution in [-0.2, 0) is 22.8 Å². The highest BCUT2D eigenvalue weighted by molar-refractivity contribution is 6.39. The summed E-state index contributed by atoms with van der Waals surface area (Å²) >= 11 is 0. The Bertz CT molecular complexity index is 1820. The van der Waals surface area contributed by atoms with Gasteiger partial charge in [-0.2, -0.15) is 0 Å². The van der Waals surface area contributed by atoms with Gasteiger partial charge in [-0.15, -0.1) is 0 Å². The van der Waals surface area contributed by atoms with Gasteiger partial charge in [0.05, 0.1) is 33.6 Å². The minimum Gasteiger partial charge on any atom is -0.493 e. The number of hydrogen-bond donors (Lipinski definition) is 1. The van der Waals surface area contributed by atoms with Crippen LogP contribution in [0.2, 0.25) is 0 Å². The molecule has 11 nitrogen and oxygen atoms in total. The van der Waals surface area contributed by atoms with Crippen molar-refractivity contribution in [2.75, 3.05) is 32.8 Å². The summed E-state index contributed by atoms with van der Waals surface area (Å²) in [7, 11) is 4.52. The van der Waals surface area contributed by atoms with E-state index >= 15 is 0 Å². The highest BCUT2D eigenvalue weighted by Crippen LogP contribution is 2.35. The molecule has 5 rings (SSSR count). The number of barbiturate groups is 1. The molecule has 248 valence electrons. The summed E-state index contributed by atoms with van der Waals surface area (Å²) in [6.07, 6.45) is 2.18. The molecule has 1 fully saturated rings. The minimum absolute atomic E-state index is 0.204. The number of amides is 4. The van der Waals surface area contributed by atoms with Crippen molar-refractivity contribution < 1.29 is 42.8 Å². The van der Waals surface area contributed by atoms with Gasteiger partial charge in [-0.1, -0.05) is 49.4 Å². The molecule has 0 bridgehead atoms. The Balaban J connectivity index is 1.30. The number of carbonyl (C=O) groups is 3. The van der Waals surface area contributed by atoms with Crippen molar-refractivity contribution in [3.8, 4) is 34.5 Å². The Morgan fingerprint density at radius 2 is 1.25 bits per heavy atom. The Labute approximate surface area is 278 Å². The molecule has 1 aliphatic heterocycles. The van der Waals surface area contributed by atoms with E-state index < -0.39 is 17.8 Å². The maximum Gasteiger partial charge on any atom is 0.335 e. The molecule has 4 aromatic carbocycles. The van der Waals surface area contributed by atoms with Crippen LogP contribution >= 0.6 is 0 Å². The van der Waals surface area contributed by atoms with E-state index in [-0.39, 0.29) is 17.9 Å². The number of nitrogens with zero attached hydrogens (tertiary/aromatic N) is 1. The number of methoxy groups -OCH3 is 3. The van der Waals surface area contributed by atoms with Crippen molar-refractivity contribution in [1.82, 2.24) is 5.32 Å². The zero-order chi connectivity index (χ0) is 34.0. The van der Waals surface area contributed by atoms with E-state index in [0.29, 0.717) is 53.3 Å². The van der Waals surface area contributed by atoms with Crippen molar-refractivity contribution >= 4 is 29.6 Å². The van der Waals surface area contributed by atoms with Gasteiger partial charge in [0.15, 0.2) is 34.5 Å². The van der Waals surface area contributed by atoms with E-state index in [1.165, 1.54) is 26.4 Å². The summed E-state index contributed by atoms with van der Waals surface area (Å²) < 4.78 is 34.2. The first-order valence-electron chi connectivity index (χ1n) is 15.2. The molecule has 0 aromatic heterocycles. The summed E-state index contributed by atoms with van der Waals surface area (Å²) in [5.41, 5.74) is 2.33. The van der Waals surface area contributed by atoms with Gasteiger partial charge in [-0.05, 0) is 65.6 Å². The molecule has 1 saturated heterocycles. The number of rotatable bonds is 14. The molecular weight excluding hydrogens is 616 g/mol. The highest BCUT2D eigenvalue weighted by Gasteiger charge is 2.37. The number of imide groups is 2. The zero-order valence-electron chi connectivity index (χ0n) is 27.1. The maximum absolute atomic E-state index is 13.5. The van der Waals surface area contributed by atoms with Gasteiger partial charge in [-0.3, -0.25) is 14.9 Å². The van der Waals surface area contributed by atoms with Crippen molar-refractivity contribution in [1.29, 1.82) is 0 Å². The third-order valence-electron chi connectivity index (χ3n) is 7.33. The van der Waals surface area contributed by atoms with Gasteiger partial charge in [-0.25, -0.2) is 9.69 Å². The van der Waals surface area contributed by atoms with Crippen LogP contribution in [0, 0.1) is 0 Å². The van der Waals surface area contributed by atoms with E-state index in [0.717, 1.165) is 22.4 Å². The molecule has 48 heavy (non-hydrogen) atoms. The second-order valence-corrected chi connectivity index (χ2v) is 10.6. The predicted molar refractivity (Wildman–Crippen MR) is 179 cm³/mol. The molecule has 4 amide bonds. The van der Waals surface area contributed by atoms with E-state index in [9.17, 15) is 14.4 Å². The van der Waals surface area contributed by atoms with Gasteiger partial charge in [0.1, 0.15) is 18.8 Å². The second-order valence-electron chi connectivity index (χ2n) is 10.6. The van der Waals surface area contributed by atoms with Crippen molar-refractivity contribution in [2.45, 2.75) is 26.6 Å². The summed E-state index contributed by atoms with van der Waals surface area (Å²) in [6, 6.07) is 24.2. The average molecular weight is 653 g/mol. The third-order valence-corrected chi connectivity index (χ3v) is 7.33. The quantitative estimate of drug-likeness (QED) is 0.123. The van der Waals surface area contributed by atoms with Gasteiger partial charge < -0.3 is 28.4 Å². The lowest BCUT2D eigenvalue weighted by Gasteiger charge is -2.27. The van der Waals surface area contributed by atoms with Crippen LogP contribution in [-0.4, -0.2) is 45.8 Å². The Morgan fingerprint density at radius 3 is 1.94 bits per heavy atom. The van der Waals surface area contributed by atoms with Crippen molar-refractivity contribution in [2.24, 2.45) is 0 Å². The van der Waals surface area contributed by atoms with Crippen LogP contribution in [0.25, 0.3) is 6.08 Å². The van der Waals surface area contributed by atoms with E-state index in [1.54, 1.807) is 37.4 Å². The first-order chi connectivity index (χ1) is 23.3. The maximum atomic E-state index is 13.5. The molecule has 0 atom stereocenters. The molecule has 0 radical (unpaired) electrons. The molecule has 1 N–H and O–H groups in total. The van der Waals surface area contributed by atoms with Crippen LogP contribution in [0.1, 0.15) is 30.0 Å². The normalized spacial score (nSPS) is 13.6. The third kappa shape index (κ3) is 7.69. The SMILES string of the molecule is CCCOc1ccc(N2C(=O)NC(=O)/C(=C/c3ccc(OCc4ccc(OCc5ccccc5)c(OC)c4)c(OC)c3)C2=O)cc1OC. The lowest BCUT2D eigenvalue weighted by molar-refractivity contribution is -0.122. The monoisotopic (exact) mass is 652 g/mol. The molecule has 0 aliphatic carbocycles. The Kier molecular flexibility index (Phi) is 10.8. The molecule has 1 heterocycles. The fraction of sp³-hybridized carbons (Fsp3) is 0.216. The first kappa shape index (κ1) is 33.4. The Hall–Kier alpha value is -5.97. The van der Waals surface area contributed by atoms with E-state index in [1.807, 2.05) is 55.5 Å². The second kappa shape index (κ2) is 15.5. The van der Waals surface area contributed by atoms with Crippen LogP contribution < -0.4 is 38.6 Å². The largest absolute Gasteiger partial charge is 0.493 e. The number of ether oxygens (including phenoxy) is 6. The number of anilines is 1. The van der Waals surface area contributed by atoms with Crippen LogP contribution in [0.3, 0.4) is 0 Å². The van der Waals surface area contributed by atoms with E-state index in [4.69, 9.17) is 28.4 Å². The van der Waals surface area contributed by atoms with Crippen LogP contribution in [0.15, 0.2) is 90.5 Å². The smallest absolute Gasteiger partial charge is 0.335 e. The topological polar surface area (TPSA) is 122 Å². The number of carbonyl (C=O) groups excluding carboxylic acids is 3. The minimum atomic E-state index is -0.875. The van der Waals surface area contributed by atoms with E-state index in [2.05, 4.69) is 5.32 Å². The molecule has 4 aromatic rings. The average Bonchev–Trinajstić information content (AvgIpc) is 3.11. The standard InChI is InChI=1S/C37H36N2O9/c1-5-17-46-29-16-13-27(21-34(29)45-4)39-36(41)28(35(40)38-37(39)42)18-25-11-14-30(32(19-25)43-2)48-23-26-12-15-31(33(20-26)44-3)47-22-24-9-7-6-8-10-24/h6-16,18-21H,5,17,22-23H2,1-4H3,(H,38,40,42)/b28-18-. The summed E-state index contributed by atoms with van der Waals surface area (Å²) in [6.45, 7) is 3.06. The molecule has 0 spiro atoms. The molecule has 0 unspecified atom stereocenters. The summed E-state index contributed by atoms with van der Waals surface area (Å²) in [5, 5.41) is 2.23. The zero-order valence-corrected chi connectivity index (χ0v) is 27.1. The lowest BCUT2D eigenvalue weighted by Crippen LogP contribution is -2.54. The fourth-order valence-corrected chi connectivity index (χ4v) is 4.90. The van der Waals surface area contributed by atoms with Gasteiger partial charge in [0.25, 0.3) is 11.8 Å².